The van der Waals surface area contributed by atoms with Gasteiger partial charge >= 0.3 is 0 Å². The maximum atomic E-state index is 13.6. The van der Waals surface area contributed by atoms with Crippen LogP contribution in [0.25, 0.3) is 5.69 Å². The lowest BCUT2D eigenvalue weighted by atomic mass is 9.96. The smallest absolute Gasteiger partial charge is 0.174 e. The van der Waals surface area contributed by atoms with Crippen molar-refractivity contribution in [1.29, 1.82) is 0 Å². The first-order valence-electron chi connectivity index (χ1n) is 11.5. The third kappa shape index (κ3) is 3.88. The summed E-state index contributed by atoms with van der Waals surface area (Å²) in [4.78, 5) is 6.86. The predicted molar refractivity (Wildman–Crippen MR) is 139 cm³/mol. The molecule has 0 bridgehead atoms. The minimum Gasteiger partial charge on any atom is -0.351 e. The highest BCUT2D eigenvalue weighted by atomic mass is 32.1. The molecule has 34 heavy (non-hydrogen) atoms. The van der Waals surface area contributed by atoms with Crippen LogP contribution in [-0.4, -0.2) is 14.7 Å². The fourth-order valence-electron chi connectivity index (χ4n) is 4.92. The molecule has 1 saturated heterocycles. The van der Waals surface area contributed by atoms with Crippen molar-refractivity contribution >= 4 is 23.0 Å². The van der Waals surface area contributed by atoms with E-state index in [0.29, 0.717) is 5.11 Å². The SMILES string of the molecule is CCc1ccc(N2C(=S)N[C@@H](c3ccccn3)[C@@H]2c2cc(C)n(-c3ccc(F)cc3)c2C)cc1. The normalized spacial score (nSPS) is 17.8. The van der Waals surface area contributed by atoms with Gasteiger partial charge in [0.2, 0.25) is 0 Å². The summed E-state index contributed by atoms with van der Waals surface area (Å²) in [6, 6.07) is 23.2. The summed E-state index contributed by atoms with van der Waals surface area (Å²) in [6.45, 7) is 6.35. The number of hydrogen-bond donors (Lipinski definition) is 1. The van der Waals surface area contributed by atoms with Gasteiger partial charge in [-0.05, 0) is 98.2 Å². The van der Waals surface area contributed by atoms with E-state index in [9.17, 15) is 4.39 Å². The molecule has 0 aliphatic carbocycles. The van der Waals surface area contributed by atoms with Gasteiger partial charge < -0.3 is 14.8 Å². The molecule has 0 amide bonds. The molecule has 0 saturated carbocycles. The summed E-state index contributed by atoms with van der Waals surface area (Å²) in [5.74, 6) is -0.242. The standard InChI is InChI=1S/C28H27FN4S/c1-4-20-8-12-23(13-9-20)33-27(26(31-28(33)34)25-7-5-6-16-30-25)24-17-18(2)32(19(24)3)22-14-10-21(29)11-15-22/h5-17,26-27H,4H2,1-3H3,(H,31,34)/t26-,27-/m0/s1. The Bertz CT molecular complexity index is 1310. The number of benzene rings is 2. The lowest BCUT2D eigenvalue weighted by Gasteiger charge is -2.28. The summed E-state index contributed by atoms with van der Waals surface area (Å²) in [6.07, 6.45) is 2.80. The molecule has 5 rings (SSSR count). The van der Waals surface area contributed by atoms with Crippen LogP contribution in [0.1, 0.15) is 47.2 Å². The molecule has 4 nitrogen and oxygen atoms in total. The molecular formula is C28H27FN4S. The molecule has 1 aliphatic heterocycles. The monoisotopic (exact) mass is 470 g/mol. The van der Waals surface area contributed by atoms with Crippen LogP contribution in [0.15, 0.2) is 79.0 Å². The summed E-state index contributed by atoms with van der Waals surface area (Å²) >= 11 is 5.87. The van der Waals surface area contributed by atoms with Gasteiger partial charge in [-0.2, -0.15) is 0 Å². The molecule has 2 atom stereocenters. The van der Waals surface area contributed by atoms with E-state index in [1.165, 1.54) is 17.7 Å². The van der Waals surface area contributed by atoms with Gasteiger partial charge in [0.25, 0.3) is 0 Å². The van der Waals surface area contributed by atoms with Gasteiger partial charge in [0.05, 0.1) is 17.8 Å². The van der Waals surface area contributed by atoms with Crippen molar-refractivity contribution in [3.63, 3.8) is 0 Å². The van der Waals surface area contributed by atoms with E-state index >= 15 is 0 Å². The number of hydrogen-bond acceptors (Lipinski definition) is 2. The Hall–Kier alpha value is -3.51. The van der Waals surface area contributed by atoms with Crippen molar-refractivity contribution in [3.8, 4) is 5.69 Å². The van der Waals surface area contributed by atoms with Crippen molar-refractivity contribution in [2.45, 2.75) is 39.3 Å². The quantitative estimate of drug-likeness (QED) is 0.344. The van der Waals surface area contributed by atoms with Gasteiger partial charge in [-0.15, -0.1) is 0 Å². The zero-order chi connectivity index (χ0) is 23.8. The Morgan fingerprint density at radius 3 is 2.32 bits per heavy atom. The summed E-state index contributed by atoms with van der Waals surface area (Å²) in [5, 5.41) is 4.21. The largest absolute Gasteiger partial charge is 0.351 e. The fourth-order valence-corrected chi connectivity index (χ4v) is 5.26. The number of anilines is 1. The van der Waals surface area contributed by atoms with Gasteiger partial charge in [0.1, 0.15) is 5.82 Å². The fraction of sp³-hybridized carbons (Fsp3) is 0.214. The van der Waals surface area contributed by atoms with Crippen LogP contribution in [0.5, 0.6) is 0 Å². The number of nitrogens with one attached hydrogen (secondary N) is 1. The highest BCUT2D eigenvalue weighted by Crippen LogP contribution is 2.43. The molecular weight excluding hydrogens is 443 g/mol. The maximum Gasteiger partial charge on any atom is 0.174 e. The van der Waals surface area contributed by atoms with Gasteiger partial charge in [-0.1, -0.05) is 25.1 Å². The van der Waals surface area contributed by atoms with Gasteiger partial charge in [0.15, 0.2) is 5.11 Å². The maximum absolute atomic E-state index is 13.6. The van der Waals surface area contributed by atoms with E-state index in [4.69, 9.17) is 12.2 Å². The number of pyridine rings is 1. The van der Waals surface area contributed by atoms with E-state index in [1.807, 2.05) is 36.5 Å². The van der Waals surface area contributed by atoms with Crippen LogP contribution in [0.4, 0.5) is 10.1 Å². The molecule has 1 fully saturated rings. The Morgan fingerprint density at radius 1 is 0.971 bits per heavy atom. The molecule has 2 aromatic heterocycles. The number of thiocarbonyl (C=S) groups is 1. The second-order valence-corrected chi connectivity index (χ2v) is 9.04. The molecule has 1 aliphatic rings. The first kappa shape index (κ1) is 22.3. The molecule has 4 aromatic rings. The van der Waals surface area contributed by atoms with E-state index in [-0.39, 0.29) is 17.9 Å². The van der Waals surface area contributed by atoms with Crippen molar-refractivity contribution in [1.82, 2.24) is 14.9 Å². The highest BCUT2D eigenvalue weighted by molar-refractivity contribution is 7.80. The van der Waals surface area contributed by atoms with Gasteiger partial charge in [0, 0.05) is 29.0 Å². The predicted octanol–water partition coefficient (Wildman–Crippen LogP) is 6.37. The number of halogens is 1. The summed E-state index contributed by atoms with van der Waals surface area (Å²) in [5.41, 5.74) is 7.54. The molecule has 0 spiro atoms. The average Bonchev–Trinajstić information content (AvgIpc) is 3.35. The second-order valence-electron chi connectivity index (χ2n) is 8.65. The number of rotatable bonds is 5. The lowest BCUT2D eigenvalue weighted by Crippen LogP contribution is -2.29. The average molecular weight is 471 g/mol. The molecule has 0 unspecified atom stereocenters. The minimum atomic E-state index is -0.242. The van der Waals surface area contributed by atoms with Crippen LogP contribution in [0.3, 0.4) is 0 Å². The zero-order valence-corrected chi connectivity index (χ0v) is 20.3. The minimum absolute atomic E-state index is 0.0877. The van der Waals surface area contributed by atoms with Crippen molar-refractivity contribution in [2.24, 2.45) is 0 Å². The topological polar surface area (TPSA) is 33.1 Å². The Morgan fingerprint density at radius 2 is 1.68 bits per heavy atom. The first-order valence-corrected chi connectivity index (χ1v) is 11.9. The third-order valence-corrected chi connectivity index (χ3v) is 6.91. The Kier molecular flexibility index (Phi) is 5.92. The summed E-state index contributed by atoms with van der Waals surface area (Å²) in [7, 11) is 0. The third-order valence-electron chi connectivity index (χ3n) is 6.59. The molecule has 2 aromatic carbocycles. The molecule has 172 valence electrons. The van der Waals surface area contributed by atoms with Crippen LogP contribution in [0, 0.1) is 19.7 Å². The van der Waals surface area contributed by atoms with Crippen molar-refractivity contribution in [2.75, 3.05) is 4.90 Å². The van der Waals surface area contributed by atoms with Crippen LogP contribution in [-0.2, 0) is 6.42 Å². The number of aryl methyl sites for hydroxylation is 2. The van der Waals surface area contributed by atoms with E-state index < -0.39 is 0 Å². The van der Waals surface area contributed by atoms with Gasteiger partial charge in [-0.3, -0.25) is 4.98 Å². The summed E-state index contributed by atoms with van der Waals surface area (Å²) < 4.78 is 15.8. The van der Waals surface area contributed by atoms with E-state index in [1.54, 1.807) is 0 Å². The van der Waals surface area contributed by atoms with Crippen LogP contribution < -0.4 is 10.2 Å². The van der Waals surface area contributed by atoms with E-state index in [0.717, 1.165) is 40.4 Å². The lowest BCUT2D eigenvalue weighted by molar-refractivity contribution is 0.565. The zero-order valence-electron chi connectivity index (χ0n) is 19.5. The molecule has 0 radical (unpaired) electrons. The molecule has 3 heterocycles. The second kappa shape index (κ2) is 9.03. The Balaban J connectivity index is 1.66. The van der Waals surface area contributed by atoms with Crippen LogP contribution >= 0.6 is 12.2 Å². The highest BCUT2D eigenvalue weighted by Gasteiger charge is 2.42. The van der Waals surface area contributed by atoms with Crippen molar-refractivity contribution < 1.29 is 4.39 Å². The first-order chi connectivity index (χ1) is 16.5. The molecule has 1 N–H and O–H groups in total. The van der Waals surface area contributed by atoms with Crippen LogP contribution in [0.2, 0.25) is 0 Å². The number of nitrogens with zero attached hydrogens (tertiary/aromatic N) is 3. The Labute approximate surface area is 205 Å². The van der Waals surface area contributed by atoms with E-state index in [2.05, 4.69) is 70.9 Å². The number of aromatic nitrogens is 2. The van der Waals surface area contributed by atoms with Gasteiger partial charge in [-0.25, -0.2) is 4.39 Å². The molecule has 6 heteroatoms. The van der Waals surface area contributed by atoms with Crippen molar-refractivity contribution in [3.05, 3.63) is 113 Å².